The third kappa shape index (κ3) is 3.99. The van der Waals surface area contributed by atoms with Gasteiger partial charge in [0, 0.05) is 25.2 Å². The van der Waals surface area contributed by atoms with Gasteiger partial charge in [-0.15, -0.1) is 0 Å². The van der Waals surface area contributed by atoms with Gasteiger partial charge >= 0.3 is 6.03 Å². The molecule has 0 unspecified atom stereocenters. The molecule has 2 heterocycles. The van der Waals surface area contributed by atoms with Gasteiger partial charge in [-0.25, -0.2) is 9.18 Å². The van der Waals surface area contributed by atoms with Gasteiger partial charge in [-0.2, -0.15) is 0 Å². The van der Waals surface area contributed by atoms with E-state index in [0.717, 1.165) is 11.3 Å². The van der Waals surface area contributed by atoms with Gasteiger partial charge in [-0.1, -0.05) is 30.3 Å². The van der Waals surface area contributed by atoms with E-state index in [4.69, 9.17) is 4.74 Å². The van der Waals surface area contributed by atoms with Gasteiger partial charge in [0.25, 0.3) is 0 Å². The van der Waals surface area contributed by atoms with E-state index >= 15 is 0 Å². The largest absolute Gasteiger partial charge is 0.370 e. The first kappa shape index (κ1) is 18.4. The molecule has 2 aromatic carbocycles. The van der Waals surface area contributed by atoms with E-state index in [1.807, 2.05) is 30.3 Å². The maximum Gasteiger partial charge on any atom is 0.317 e. The van der Waals surface area contributed by atoms with E-state index in [2.05, 4.69) is 5.32 Å². The molecule has 7 heteroatoms. The number of rotatable bonds is 3. The number of nitrogens with zero attached hydrogens (tertiary/aromatic N) is 2. The van der Waals surface area contributed by atoms with E-state index in [1.54, 1.807) is 21.9 Å². The third-order valence-corrected chi connectivity index (χ3v) is 5.12. The van der Waals surface area contributed by atoms with Crippen LogP contribution in [0.15, 0.2) is 54.6 Å². The molecule has 2 aromatic rings. The number of hydrogen-bond acceptors (Lipinski definition) is 3. The number of nitrogens with one attached hydrogen (secondary N) is 1. The Hall–Kier alpha value is -2.93. The predicted molar refractivity (Wildman–Crippen MR) is 102 cm³/mol. The Morgan fingerprint density at radius 1 is 1.07 bits per heavy atom. The highest BCUT2D eigenvalue weighted by Crippen LogP contribution is 2.24. The number of benzene rings is 2. The van der Waals surface area contributed by atoms with Crippen LogP contribution in [0.4, 0.5) is 14.9 Å². The summed E-state index contributed by atoms with van der Waals surface area (Å²) in [5.74, 6) is -0.300. The second kappa shape index (κ2) is 7.98. The van der Waals surface area contributed by atoms with Gasteiger partial charge in [0.2, 0.25) is 5.91 Å². The minimum absolute atomic E-state index is 0.00247. The second-order valence-electron chi connectivity index (χ2n) is 7.05. The van der Waals surface area contributed by atoms with E-state index in [9.17, 15) is 14.0 Å². The quantitative estimate of drug-likeness (QED) is 0.887. The summed E-state index contributed by atoms with van der Waals surface area (Å²) in [5.41, 5.74) is 1.68. The molecule has 146 valence electrons. The number of amides is 3. The molecule has 2 fully saturated rings. The van der Waals surface area contributed by atoms with Crippen molar-refractivity contribution in [3.8, 4) is 0 Å². The number of hydrogen-bond donors (Lipinski definition) is 1. The van der Waals surface area contributed by atoms with Gasteiger partial charge in [-0.05, 0) is 29.8 Å². The van der Waals surface area contributed by atoms with Gasteiger partial charge in [0.15, 0.2) is 0 Å². The fraction of sp³-hybridized carbons (Fsp3) is 0.333. The molecule has 2 aliphatic heterocycles. The lowest BCUT2D eigenvalue weighted by molar-refractivity contribution is -0.117. The predicted octanol–water partition coefficient (Wildman–Crippen LogP) is 2.71. The first-order valence-corrected chi connectivity index (χ1v) is 9.38. The number of carbonyl (C=O) groups is 2. The zero-order chi connectivity index (χ0) is 19.5. The third-order valence-electron chi connectivity index (χ3n) is 5.12. The normalized spacial score (nSPS) is 22.4. The van der Waals surface area contributed by atoms with Gasteiger partial charge in [0.05, 0.1) is 19.2 Å². The first-order valence-electron chi connectivity index (χ1n) is 9.38. The molecule has 4 rings (SSSR count). The molecule has 0 aliphatic carbocycles. The minimum atomic E-state index is -0.303. The number of para-hydroxylation sites is 1. The summed E-state index contributed by atoms with van der Waals surface area (Å²) in [6, 6.07) is 15.1. The SMILES string of the molecule is O=C(N[C@@H]1CC(=O)N(c2ccccc2)C1)N1CCO[C@H](c2ccc(F)cc2)C1. The van der Waals surface area contributed by atoms with Crippen molar-refractivity contribution in [3.05, 3.63) is 66.0 Å². The molecule has 0 bridgehead atoms. The number of anilines is 1. The summed E-state index contributed by atoms with van der Waals surface area (Å²) in [7, 11) is 0. The van der Waals surface area contributed by atoms with Crippen LogP contribution in [0.3, 0.4) is 0 Å². The average molecular weight is 383 g/mol. The van der Waals surface area contributed by atoms with Crippen molar-refractivity contribution >= 4 is 17.6 Å². The molecule has 0 aromatic heterocycles. The molecule has 6 nitrogen and oxygen atoms in total. The Balaban J connectivity index is 1.36. The molecule has 1 N–H and O–H groups in total. The Morgan fingerprint density at radius 3 is 2.57 bits per heavy atom. The highest BCUT2D eigenvalue weighted by molar-refractivity contribution is 5.96. The summed E-state index contributed by atoms with van der Waals surface area (Å²) in [4.78, 5) is 28.4. The standard InChI is InChI=1S/C21H22FN3O3/c22-16-8-6-15(7-9-16)19-14-24(10-11-28-19)21(27)23-17-12-20(26)25(13-17)18-4-2-1-3-5-18/h1-9,17,19H,10-14H2,(H,23,27)/t17-,19+/m1/s1. The van der Waals surface area contributed by atoms with Gasteiger partial charge in [0.1, 0.15) is 11.9 Å². The Morgan fingerprint density at radius 2 is 1.82 bits per heavy atom. The van der Waals surface area contributed by atoms with Crippen LogP contribution in [-0.2, 0) is 9.53 Å². The molecular formula is C21H22FN3O3. The van der Waals surface area contributed by atoms with Crippen LogP contribution in [0.25, 0.3) is 0 Å². The van der Waals surface area contributed by atoms with Crippen LogP contribution in [0.2, 0.25) is 0 Å². The topological polar surface area (TPSA) is 61.9 Å². The van der Waals surface area contributed by atoms with E-state index < -0.39 is 0 Å². The van der Waals surface area contributed by atoms with Crippen molar-refractivity contribution in [3.63, 3.8) is 0 Å². The molecular weight excluding hydrogens is 361 g/mol. The van der Waals surface area contributed by atoms with Crippen LogP contribution < -0.4 is 10.2 Å². The second-order valence-corrected chi connectivity index (χ2v) is 7.05. The van der Waals surface area contributed by atoms with Crippen LogP contribution in [0, 0.1) is 5.82 Å². The van der Waals surface area contributed by atoms with Gasteiger partial charge < -0.3 is 19.9 Å². The van der Waals surface area contributed by atoms with Crippen molar-refractivity contribution in [2.45, 2.75) is 18.6 Å². The molecule has 2 aliphatic rings. The van der Waals surface area contributed by atoms with E-state index in [1.165, 1.54) is 12.1 Å². The highest BCUT2D eigenvalue weighted by atomic mass is 19.1. The van der Waals surface area contributed by atoms with Crippen molar-refractivity contribution in [1.29, 1.82) is 0 Å². The molecule has 28 heavy (non-hydrogen) atoms. The summed E-state index contributed by atoms with van der Waals surface area (Å²) in [6.45, 7) is 1.74. The maximum absolute atomic E-state index is 13.1. The zero-order valence-electron chi connectivity index (χ0n) is 15.4. The van der Waals surface area contributed by atoms with Gasteiger partial charge in [-0.3, -0.25) is 4.79 Å². The Bertz CT molecular complexity index is 844. The van der Waals surface area contributed by atoms with Crippen molar-refractivity contribution in [2.24, 2.45) is 0 Å². The number of halogens is 1. The number of morpholine rings is 1. The summed E-state index contributed by atoms with van der Waals surface area (Å²) in [5, 5.41) is 2.97. The summed E-state index contributed by atoms with van der Waals surface area (Å²) >= 11 is 0. The number of ether oxygens (including phenoxy) is 1. The molecule has 3 amide bonds. The lowest BCUT2D eigenvalue weighted by atomic mass is 10.1. The van der Waals surface area contributed by atoms with Crippen LogP contribution in [-0.4, -0.2) is 49.1 Å². The summed E-state index contributed by atoms with van der Waals surface area (Å²) < 4.78 is 18.9. The average Bonchev–Trinajstić information content (AvgIpc) is 3.09. The Kier molecular flexibility index (Phi) is 5.25. The van der Waals surface area contributed by atoms with Crippen molar-refractivity contribution in [2.75, 3.05) is 31.1 Å². The van der Waals surface area contributed by atoms with Crippen molar-refractivity contribution in [1.82, 2.24) is 10.2 Å². The molecule has 2 saturated heterocycles. The fourth-order valence-electron chi connectivity index (χ4n) is 3.64. The van der Waals surface area contributed by atoms with E-state index in [-0.39, 0.29) is 36.3 Å². The molecule has 0 radical (unpaired) electrons. The molecule has 0 spiro atoms. The van der Waals surface area contributed by atoms with Crippen molar-refractivity contribution < 1.29 is 18.7 Å². The highest BCUT2D eigenvalue weighted by Gasteiger charge is 2.33. The Labute approximate surface area is 162 Å². The molecule has 2 atom stereocenters. The molecule has 0 saturated carbocycles. The first-order chi connectivity index (χ1) is 13.6. The van der Waals surface area contributed by atoms with Crippen LogP contribution in [0.5, 0.6) is 0 Å². The minimum Gasteiger partial charge on any atom is -0.370 e. The monoisotopic (exact) mass is 383 g/mol. The maximum atomic E-state index is 13.1. The summed E-state index contributed by atoms with van der Waals surface area (Å²) in [6.07, 6.45) is -0.00190. The lowest BCUT2D eigenvalue weighted by Crippen LogP contribution is -2.50. The smallest absolute Gasteiger partial charge is 0.317 e. The fourth-order valence-corrected chi connectivity index (χ4v) is 3.64. The van der Waals surface area contributed by atoms with E-state index in [0.29, 0.717) is 26.2 Å². The van der Waals surface area contributed by atoms with Crippen LogP contribution in [0.1, 0.15) is 18.1 Å². The van der Waals surface area contributed by atoms with Crippen LogP contribution >= 0.6 is 0 Å². The number of urea groups is 1. The zero-order valence-corrected chi connectivity index (χ0v) is 15.4. The number of carbonyl (C=O) groups excluding carboxylic acids is 2. The lowest BCUT2D eigenvalue weighted by Gasteiger charge is -2.33.